The Kier molecular flexibility index (Phi) is 6.46. The summed E-state index contributed by atoms with van der Waals surface area (Å²) in [7, 11) is -3.68. The van der Waals surface area contributed by atoms with Gasteiger partial charge in [0.2, 0.25) is 20.9 Å². The van der Waals surface area contributed by atoms with Gasteiger partial charge in [-0.3, -0.25) is 4.79 Å². The average molecular weight is 452 g/mol. The number of benzene rings is 2. The number of sulfone groups is 1. The van der Waals surface area contributed by atoms with Gasteiger partial charge in [-0.05, 0) is 37.8 Å². The van der Waals surface area contributed by atoms with Gasteiger partial charge in [0.15, 0.2) is 0 Å². The lowest BCUT2D eigenvalue weighted by molar-refractivity contribution is -0.135. The second kappa shape index (κ2) is 9.28. The van der Waals surface area contributed by atoms with Crippen LogP contribution < -0.4 is 0 Å². The van der Waals surface area contributed by atoms with E-state index in [1.165, 1.54) is 0 Å². The van der Waals surface area contributed by atoms with Crippen LogP contribution in [0.25, 0.3) is 0 Å². The predicted molar refractivity (Wildman–Crippen MR) is 124 cm³/mol. The number of hydrogen-bond donors (Lipinski definition) is 0. The van der Waals surface area contributed by atoms with Crippen LogP contribution in [0.15, 0.2) is 72.0 Å². The quantitative estimate of drug-likeness (QED) is 0.492. The van der Waals surface area contributed by atoms with E-state index in [1.54, 1.807) is 22.9 Å². The third-order valence-corrected chi connectivity index (χ3v) is 7.32. The molecule has 0 bridgehead atoms. The number of aromatic nitrogens is 2. The minimum atomic E-state index is -3.68. The number of imidazole rings is 1. The SMILES string of the molecule is CC(C)N(Cc1cnc(S(=O)(=O)Cc2ccccc2)n1Cc1ccccc1)C(=O)C1CC1. The van der Waals surface area contributed by atoms with E-state index >= 15 is 0 Å². The smallest absolute Gasteiger partial charge is 0.228 e. The van der Waals surface area contributed by atoms with Crippen LogP contribution in [-0.2, 0) is 33.5 Å². The van der Waals surface area contributed by atoms with Crippen molar-refractivity contribution in [3.8, 4) is 0 Å². The molecule has 1 aliphatic rings. The molecule has 4 rings (SSSR count). The molecule has 0 atom stereocenters. The maximum atomic E-state index is 13.3. The third-order valence-electron chi connectivity index (χ3n) is 5.73. The van der Waals surface area contributed by atoms with Crippen molar-refractivity contribution >= 4 is 15.7 Å². The van der Waals surface area contributed by atoms with E-state index in [-0.39, 0.29) is 28.8 Å². The van der Waals surface area contributed by atoms with E-state index in [0.717, 1.165) is 29.7 Å². The van der Waals surface area contributed by atoms with Crippen molar-refractivity contribution in [2.75, 3.05) is 0 Å². The van der Waals surface area contributed by atoms with Crippen molar-refractivity contribution in [1.29, 1.82) is 0 Å². The Bertz CT molecular complexity index is 1170. The number of hydrogen-bond acceptors (Lipinski definition) is 4. The Morgan fingerprint density at radius 2 is 1.62 bits per heavy atom. The molecule has 32 heavy (non-hydrogen) atoms. The molecular formula is C25H29N3O3S. The van der Waals surface area contributed by atoms with Gasteiger partial charge in [0.25, 0.3) is 0 Å². The van der Waals surface area contributed by atoms with Gasteiger partial charge in [0, 0.05) is 12.0 Å². The minimum absolute atomic E-state index is 0.0209. The first-order valence-corrected chi connectivity index (χ1v) is 12.7. The third kappa shape index (κ3) is 5.10. The highest BCUT2D eigenvalue weighted by Crippen LogP contribution is 2.32. The molecule has 0 N–H and O–H groups in total. The fraction of sp³-hybridized carbons (Fsp3) is 0.360. The average Bonchev–Trinajstić information content (AvgIpc) is 3.54. The number of rotatable bonds is 9. The van der Waals surface area contributed by atoms with Crippen LogP contribution in [-0.4, -0.2) is 34.8 Å². The summed E-state index contributed by atoms with van der Waals surface area (Å²) in [5.41, 5.74) is 2.42. The summed E-state index contributed by atoms with van der Waals surface area (Å²) in [5.74, 6) is 0.124. The van der Waals surface area contributed by atoms with Crippen molar-refractivity contribution in [1.82, 2.24) is 14.5 Å². The van der Waals surface area contributed by atoms with Crippen LogP contribution in [0.1, 0.15) is 43.5 Å². The summed E-state index contributed by atoms with van der Waals surface area (Å²) in [6.45, 7) is 4.70. The first kappa shape index (κ1) is 22.3. The van der Waals surface area contributed by atoms with E-state index in [9.17, 15) is 13.2 Å². The molecule has 1 aromatic heterocycles. The number of nitrogens with zero attached hydrogens (tertiary/aromatic N) is 3. The molecule has 2 aromatic carbocycles. The molecule has 168 valence electrons. The van der Waals surface area contributed by atoms with E-state index in [2.05, 4.69) is 4.98 Å². The molecule has 1 heterocycles. The summed E-state index contributed by atoms with van der Waals surface area (Å²) < 4.78 is 28.4. The van der Waals surface area contributed by atoms with Crippen LogP contribution in [0, 0.1) is 5.92 Å². The van der Waals surface area contributed by atoms with E-state index in [4.69, 9.17) is 0 Å². The van der Waals surface area contributed by atoms with Crippen LogP contribution in [0.4, 0.5) is 0 Å². The van der Waals surface area contributed by atoms with Crippen LogP contribution >= 0.6 is 0 Å². The molecule has 0 saturated heterocycles. The lowest BCUT2D eigenvalue weighted by atomic mass is 10.2. The summed E-state index contributed by atoms with van der Waals surface area (Å²) in [6, 6.07) is 18.9. The van der Waals surface area contributed by atoms with Crippen molar-refractivity contribution in [3.05, 3.63) is 83.7 Å². The fourth-order valence-corrected chi connectivity index (χ4v) is 5.31. The normalized spacial score (nSPS) is 14.0. The Balaban J connectivity index is 1.70. The zero-order chi connectivity index (χ0) is 22.7. The fourth-order valence-electron chi connectivity index (χ4n) is 3.81. The minimum Gasteiger partial charge on any atom is -0.334 e. The van der Waals surface area contributed by atoms with Crippen molar-refractivity contribution in [3.63, 3.8) is 0 Å². The van der Waals surface area contributed by atoms with Gasteiger partial charge in [-0.15, -0.1) is 0 Å². The molecule has 0 unspecified atom stereocenters. The topological polar surface area (TPSA) is 72.3 Å². The Morgan fingerprint density at radius 1 is 1.03 bits per heavy atom. The highest BCUT2D eigenvalue weighted by atomic mass is 32.2. The molecule has 1 fully saturated rings. The number of amides is 1. The first-order valence-electron chi connectivity index (χ1n) is 11.0. The zero-order valence-electron chi connectivity index (χ0n) is 18.5. The van der Waals surface area contributed by atoms with E-state index in [0.29, 0.717) is 13.1 Å². The van der Waals surface area contributed by atoms with Crippen molar-refractivity contribution in [2.24, 2.45) is 5.92 Å². The Labute approximate surface area is 189 Å². The largest absolute Gasteiger partial charge is 0.334 e. The predicted octanol–water partition coefficient (Wildman–Crippen LogP) is 4.05. The first-order chi connectivity index (χ1) is 15.3. The lowest BCUT2D eigenvalue weighted by Crippen LogP contribution is -2.38. The molecule has 0 spiro atoms. The van der Waals surface area contributed by atoms with Crippen molar-refractivity contribution in [2.45, 2.75) is 56.7 Å². The highest BCUT2D eigenvalue weighted by Gasteiger charge is 2.35. The summed E-state index contributed by atoms with van der Waals surface area (Å²) in [4.78, 5) is 19.0. The van der Waals surface area contributed by atoms with Crippen LogP contribution in [0.5, 0.6) is 0 Å². The summed E-state index contributed by atoms with van der Waals surface area (Å²) in [5, 5.41) is 0.0442. The van der Waals surface area contributed by atoms with Crippen LogP contribution in [0.2, 0.25) is 0 Å². The van der Waals surface area contributed by atoms with Crippen molar-refractivity contribution < 1.29 is 13.2 Å². The van der Waals surface area contributed by atoms with Gasteiger partial charge in [0.1, 0.15) is 0 Å². The molecule has 1 saturated carbocycles. The number of carbonyl (C=O) groups is 1. The van der Waals surface area contributed by atoms with Gasteiger partial charge in [-0.1, -0.05) is 60.7 Å². The molecule has 0 radical (unpaired) electrons. The molecule has 7 heteroatoms. The standard InChI is InChI=1S/C25H29N3O3S/c1-19(2)27(24(29)22-13-14-22)17-23-15-26-25(28(23)16-20-9-5-3-6-10-20)32(30,31)18-21-11-7-4-8-12-21/h3-12,15,19,22H,13-14,16-18H2,1-2H3. The maximum Gasteiger partial charge on any atom is 0.228 e. The monoisotopic (exact) mass is 451 g/mol. The van der Waals surface area contributed by atoms with Gasteiger partial charge >= 0.3 is 0 Å². The molecule has 1 aliphatic carbocycles. The molecule has 1 amide bonds. The van der Waals surface area contributed by atoms with E-state index in [1.807, 2.05) is 67.3 Å². The molecule has 6 nitrogen and oxygen atoms in total. The summed E-state index contributed by atoms with van der Waals surface area (Å²) in [6.07, 6.45) is 3.47. The lowest BCUT2D eigenvalue weighted by Gasteiger charge is -2.27. The molecule has 0 aliphatic heterocycles. The van der Waals surface area contributed by atoms with E-state index < -0.39 is 9.84 Å². The molecule has 3 aromatic rings. The second-order valence-electron chi connectivity index (χ2n) is 8.68. The van der Waals surface area contributed by atoms with Gasteiger partial charge in [-0.25, -0.2) is 13.4 Å². The zero-order valence-corrected chi connectivity index (χ0v) is 19.3. The van der Waals surface area contributed by atoms with Gasteiger partial charge < -0.3 is 9.47 Å². The Hall–Kier alpha value is -2.93. The van der Waals surface area contributed by atoms with Crippen LogP contribution in [0.3, 0.4) is 0 Å². The second-order valence-corrected chi connectivity index (χ2v) is 10.6. The van der Waals surface area contributed by atoms with Gasteiger partial charge in [-0.2, -0.15) is 0 Å². The highest BCUT2D eigenvalue weighted by molar-refractivity contribution is 7.90. The summed E-state index contributed by atoms with van der Waals surface area (Å²) >= 11 is 0. The van der Waals surface area contributed by atoms with Gasteiger partial charge in [0.05, 0.1) is 30.7 Å². The maximum absolute atomic E-state index is 13.3. The Morgan fingerprint density at radius 3 is 2.19 bits per heavy atom. The number of carbonyl (C=O) groups excluding carboxylic acids is 1. The molecular weight excluding hydrogens is 422 g/mol.